The van der Waals surface area contributed by atoms with Gasteiger partial charge in [0.15, 0.2) is 0 Å². The van der Waals surface area contributed by atoms with Gasteiger partial charge in [-0.25, -0.2) is 0 Å². The van der Waals surface area contributed by atoms with E-state index in [1.807, 2.05) is 56.3 Å². The average molecular weight is 383 g/mol. The number of aryl methyl sites for hydroxylation is 2. The molecule has 0 aliphatic carbocycles. The largest absolute Gasteiger partial charge is 0.496 e. The Hall–Kier alpha value is -3.73. The first-order valence-corrected chi connectivity index (χ1v) is 9.30. The van der Waals surface area contributed by atoms with Crippen LogP contribution in [0.4, 0.5) is 0 Å². The van der Waals surface area contributed by atoms with Gasteiger partial charge in [0.1, 0.15) is 11.4 Å². The molecule has 0 saturated heterocycles. The van der Waals surface area contributed by atoms with Gasteiger partial charge in [0.2, 0.25) is 5.91 Å². The van der Waals surface area contributed by atoms with Crippen LogP contribution in [-0.2, 0) is 0 Å². The number of primary amides is 1. The van der Waals surface area contributed by atoms with Crippen molar-refractivity contribution in [1.29, 1.82) is 0 Å². The van der Waals surface area contributed by atoms with Crippen molar-refractivity contribution in [3.8, 4) is 28.1 Å². The zero-order chi connectivity index (χ0) is 20.5. The fourth-order valence-electron chi connectivity index (χ4n) is 3.65. The summed E-state index contributed by atoms with van der Waals surface area (Å²) in [7, 11) is 1.66. The summed E-state index contributed by atoms with van der Waals surface area (Å²) in [6.07, 6.45) is 1.75. The molecule has 0 radical (unpaired) electrons. The lowest BCUT2D eigenvalue weighted by atomic mass is 9.95. The molecule has 144 valence electrons. The standard InChI is InChI=1S/C24H21N3O2/c1-14-7-8-17(24(25)28)12-21(14)16-9-10-19-18(11-16)13-26-27-22(19)20-6-4-5-15(2)23(20)29-3/h4-13H,1-3H3,(H2,25,28). The van der Waals surface area contributed by atoms with Crippen molar-refractivity contribution in [3.63, 3.8) is 0 Å². The second-order valence-corrected chi connectivity index (χ2v) is 7.04. The van der Waals surface area contributed by atoms with E-state index in [1.54, 1.807) is 19.4 Å². The predicted octanol–water partition coefficient (Wildman–Crippen LogP) is 4.69. The van der Waals surface area contributed by atoms with Gasteiger partial charge < -0.3 is 10.5 Å². The third kappa shape index (κ3) is 3.31. The molecule has 1 heterocycles. The second-order valence-electron chi connectivity index (χ2n) is 7.04. The second kappa shape index (κ2) is 7.36. The van der Waals surface area contributed by atoms with Crippen LogP contribution in [-0.4, -0.2) is 23.2 Å². The Morgan fingerprint density at radius 2 is 1.79 bits per heavy atom. The Bertz CT molecular complexity index is 1250. The van der Waals surface area contributed by atoms with Gasteiger partial charge in [0, 0.05) is 21.9 Å². The summed E-state index contributed by atoms with van der Waals surface area (Å²) in [4.78, 5) is 11.6. The lowest BCUT2D eigenvalue weighted by molar-refractivity contribution is 0.100. The average Bonchev–Trinajstić information content (AvgIpc) is 2.73. The molecule has 0 fully saturated rings. The smallest absolute Gasteiger partial charge is 0.248 e. The summed E-state index contributed by atoms with van der Waals surface area (Å²) in [6.45, 7) is 4.02. The minimum absolute atomic E-state index is 0.438. The van der Waals surface area contributed by atoms with Crippen molar-refractivity contribution in [2.24, 2.45) is 5.73 Å². The number of para-hydroxylation sites is 1. The van der Waals surface area contributed by atoms with Crippen molar-refractivity contribution in [2.45, 2.75) is 13.8 Å². The van der Waals surface area contributed by atoms with E-state index in [2.05, 4.69) is 16.3 Å². The summed E-state index contributed by atoms with van der Waals surface area (Å²) < 4.78 is 5.61. The first-order chi connectivity index (χ1) is 14.0. The van der Waals surface area contributed by atoms with E-state index in [4.69, 9.17) is 10.5 Å². The molecule has 0 aliphatic heterocycles. The number of aromatic nitrogens is 2. The predicted molar refractivity (Wildman–Crippen MR) is 115 cm³/mol. The summed E-state index contributed by atoms with van der Waals surface area (Å²) in [5.74, 6) is 0.357. The SMILES string of the molecule is COc1c(C)cccc1-c1nncc2cc(-c3cc(C(N)=O)ccc3C)ccc12. The van der Waals surface area contributed by atoms with Gasteiger partial charge >= 0.3 is 0 Å². The van der Waals surface area contributed by atoms with E-state index < -0.39 is 5.91 Å². The first-order valence-electron chi connectivity index (χ1n) is 9.30. The number of hydrogen-bond acceptors (Lipinski definition) is 4. The third-order valence-electron chi connectivity index (χ3n) is 5.17. The van der Waals surface area contributed by atoms with Crippen LogP contribution < -0.4 is 10.5 Å². The molecule has 2 N–H and O–H groups in total. The van der Waals surface area contributed by atoms with Gasteiger partial charge in [0.25, 0.3) is 0 Å². The number of ether oxygens (including phenoxy) is 1. The minimum Gasteiger partial charge on any atom is -0.496 e. The Morgan fingerprint density at radius 3 is 2.55 bits per heavy atom. The van der Waals surface area contributed by atoms with E-state index in [9.17, 15) is 4.79 Å². The Morgan fingerprint density at radius 1 is 0.966 bits per heavy atom. The molecule has 1 amide bonds. The van der Waals surface area contributed by atoms with Gasteiger partial charge in [-0.1, -0.05) is 30.3 Å². The molecule has 0 atom stereocenters. The molecule has 0 bridgehead atoms. The molecule has 0 saturated carbocycles. The fourth-order valence-corrected chi connectivity index (χ4v) is 3.65. The van der Waals surface area contributed by atoms with E-state index in [0.29, 0.717) is 5.56 Å². The highest BCUT2D eigenvalue weighted by Crippen LogP contribution is 2.36. The van der Waals surface area contributed by atoms with Crippen molar-refractivity contribution in [2.75, 3.05) is 7.11 Å². The number of benzene rings is 3. The highest BCUT2D eigenvalue weighted by molar-refractivity contribution is 5.98. The zero-order valence-electron chi connectivity index (χ0n) is 16.6. The van der Waals surface area contributed by atoms with Crippen LogP contribution in [0.25, 0.3) is 33.2 Å². The number of carbonyl (C=O) groups excluding carboxylic acids is 1. The van der Waals surface area contributed by atoms with Crippen LogP contribution in [0.3, 0.4) is 0 Å². The number of amides is 1. The van der Waals surface area contributed by atoms with Crippen LogP contribution in [0.15, 0.2) is 60.8 Å². The normalized spacial score (nSPS) is 10.9. The van der Waals surface area contributed by atoms with Crippen molar-refractivity contribution in [1.82, 2.24) is 10.2 Å². The molecule has 5 nitrogen and oxygen atoms in total. The van der Waals surface area contributed by atoms with Crippen LogP contribution in [0.2, 0.25) is 0 Å². The number of fused-ring (bicyclic) bond motifs is 1. The molecule has 0 spiro atoms. The number of methoxy groups -OCH3 is 1. The van der Waals surface area contributed by atoms with E-state index in [-0.39, 0.29) is 0 Å². The van der Waals surface area contributed by atoms with Crippen LogP contribution in [0.5, 0.6) is 5.75 Å². The van der Waals surface area contributed by atoms with Crippen molar-refractivity contribution < 1.29 is 9.53 Å². The summed E-state index contributed by atoms with van der Waals surface area (Å²) in [5, 5.41) is 10.6. The quantitative estimate of drug-likeness (QED) is 0.555. The molecule has 3 aromatic carbocycles. The van der Waals surface area contributed by atoms with Crippen molar-refractivity contribution in [3.05, 3.63) is 77.5 Å². The fraction of sp³-hybridized carbons (Fsp3) is 0.125. The van der Waals surface area contributed by atoms with Gasteiger partial charge in [-0.3, -0.25) is 4.79 Å². The summed E-state index contributed by atoms with van der Waals surface area (Å²) >= 11 is 0. The van der Waals surface area contributed by atoms with Gasteiger partial charge in [-0.05, 0) is 60.4 Å². The molecule has 4 aromatic rings. The van der Waals surface area contributed by atoms with Gasteiger partial charge in [-0.2, -0.15) is 5.10 Å². The maximum atomic E-state index is 11.6. The first kappa shape index (κ1) is 18.6. The van der Waals surface area contributed by atoms with E-state index in [0.717, 1.165) is 50.0 Å². The molecule has 4 rings (SSSR count). The molecule has 0 aliphatic rings. The summed E-state index contributed by atoms with van der Waals surface area (Å²) in [6, 6.07) is 17.6. The Labute approximate surface area is 169 Å². The molecular weight excluding hydrogens is 362 g/mol. The number of nitrogens with two attached hydrogens (primary N) is 1. The highest BCUT2D eigenvalue weighted by Gasteiger charge is 2.14. The number of hydrogen-bond donors (Lipinski definition) is 1. The van der Waals surface area contributed by atoms with E-state index in [1.165, 1.54) is 0 Å². The molecular formula is C24H21N3O2. The van der Waals surface area contributed by atoms with Gasteiger partial charge in [0.05, 0.1) is 13.3 Å². The molecule has 1 aromatic heterocycles. The molecule has 5 heteroatoms. The maximum absolute atomic E-state index is 11.6. The third-order valence-corrected chi connectivity index (χ3v) is 5.17. The number of nitrogens with zero attached hydrogens (tertiary/aromatic N) is 2. The molecule has 29 heavy (non-hydrogen) atoms. The van der Waals surface area contributed by atoms with E-state index >= 15 is 0 Å². The summed E-state index contributed by atoms with van der Waals surface area (Å²) in [5.41, 5.74) is 11.7. The number of rotatable bonds is 4. The van der Waals surface area contributed by atoms with Crippen LogP contribution >= 0.6 is 0 Å². The van der Waals surface area contributed by atoms with Crippen LogP contribution in [0.1, 0.15) is 21.5 Å². The maximum Gasteiger partial charge on any atom is 0.248 e. The molecule has 0 unspecified atom stereocenters. The monoisotopic (exact) mass is 383 g/mol. The Kier molecular flexibility index (Phi) is 4.72. The Balaban J connectivity index is 1.90. The lowest BCUT2D eigenvalue weighted by Gasteiger charge is -2.13. The highest BCUT2D eigenvalue weighted by atomic mass is 16.5. The van der Waals surface area contributed by atoms with Crippen molar-refractivity contribution >= 4 is 16.7 Å². The van der Waals surface area contributed by atoms with Gasteiger partial charge in [-0.15, -0.1) is 5.10 Å². The topological polar surface area (TPSA) is 78.1 Å². The van der Waals surface area contributed by atoms with Crippen LogP contribution in [0, 0.1) is 13.8 Å². The minimum atomic E-state index is -0.438. The lowest BCUT2D eigenvalue weighted by Crippen LogP contribution is -2.10. The number of carbonyl (C=O) groups is 1. The zero-order valence-corrected chi connectivity index (χ0v) is 16.6.